The molecule has 0 fully saturated rings. The van der Waals surface area contributed by atoms with Crippen LogP contribution in [0.2, 0.25) is 5.02 Å². The van der Waals surface area contributed by atoms with Gasteiger partial charge in [-0.25, -0.2) is 5.43 Å². The van der Waals surface area contributed by atoms with E-state index >= 15 is 0 Å². The van der Waals surface area contributed by atoms with Crippen LogP contribution < -0.4 is 5.43 Å². The van der Waals surface area contributed by atoms with Crippen molar-refractivity contribution in [1.82, 2.24) is 5.43 Å². The average Bonchev–Trinajstić information content (AvgIpc) is 2.21. The number of hydrazone groups is 1. The van der Waals surface area contributed by atoms with Gasteiger partial charge in [-0.2, -0.15) is 5.10 Å². The van der Waals surface area contributed by atoms with Crippen LogP contribution in [-0.4, -0.2) is 12.1 Å². The second kappa shape index (κ2) is 6.28. The Morgan fingerprint density at radius 3 is 2.62 bits per heavy atom. The quantitative estimate of drug-likeness (QED) is 0.636. The number of amides is 1. The van der Waals surface area contributed by atoms with Crippen molar-refractivity contribution in [3.8, 4) is 0 Å². The molecule has 1 N–H and O–H groups in total. The highest BCUT2D eigenvalue weighted by Crippen LogP contribution is 2.09. The molecule has 0 aliphatic rings. The van der Waals surface area contributed by atoms with E-state index in [-0.39, 0.29) is 5.91 Å². The molecule has 1 aromatic carbocycles. The number of nitrogens with zero attached hydrogens (tertiary/aromatic N) is 1. The summed E-state index contributed by atoms with van der Waals surface area (Å²) in [6.45, 7) is 3.99. The van der Waals surface area contributed by atoms with Crippen molar-refractivity contribution in [3.05, 3.63) is 34.9 Å². The van der Waals surface area contributed by atoms with Crippen molar-refractivity contribution in [3.63, 3.8) is 0 Å². The van der Waals surface area contributed by atoms with Gasteiger partial charge in [0.2, 0.25) is 5.91 Å². The summed E-state index contributed by atoms with van der Waals surface area (Å²) in [5.74, 6) is 0.204. The molecule has 16 heavy (non-hydrogen) atoms. The van der Waals surface area contributed by atoms with Gasteiger partial charge in [-0.15, -0.1) is 0 Å². The zero-order valence-electron chi connectivity index (χ0n) is 9.40. The van der Waals surface area contributed by atoms with E-state index in [4.69, 9.17) is 11.6 Å². The zero-order chi connectivity index (χ0) is 12.0. The summed E-state index contributed by atoms with van der Waals surface area (Å²) in [6, 6.07) is 7.19. The molecule has 1 amide bonds. The molecule has 0 aromatic heterocycles. The first kappa shape index (κ1) is 12.7. The Morgan fingerprint density at radius 1 is 1.44 bits per heavy atom. The zero-order valence-corrected chi connectivity index (χ0v) is 10.2. The minimum atomic E-state index is -0.126. The highest BCUT2D eigenvalue weighted by molar-refractivity contribution is 6.30. The van der Waals surface area contributed by atoms with E-state index in [0.29, 0.717) is 17.4 Å². The number of halogens is 1. The van der Waals surface area contributed by atoms with Gasteiger partial charge in [0.15, 0.2) is 0 Å². The van der Waals surface area contributed by atoms with Gasteiger partial charge in [0, 0.05) is 11.2 Å². The molecule has 3 nitrogen and oxygen atoms in total. The molecule has 1 rings (SSSR count). The summed E-state index contributed by atoms with van der Waals surface area (Å²) in [7, 11) is 0. The van der Waals surface area contributed by atoms with Gasteiger partial charge in [0.1, 0.15) is 0 Å². The molecule has 0 bridgehead atoms. The minimum Gasteiger partial charge on any atom is -0.273 e. The molecule has 0 spiro atoms. The Kier molecular flexibility index (Phi) is 4.99. The first-order valence-electron chi connectivity index (χ1n) is 5.14. The van der Waals surface area contributed by atoms with Crippen molar-refractivity contribution >= 4 is 23.7 Å². The highest BCUT2D eigenvalue weighted by atomic mass is 35.5. The lowest BCUT2D eigenvalue weighted by molar-refractivity contribution is -0.120. The van der Waals surface area contributed by atoms with Crippen molar-refractivity contribution in [2.45, 2.75) is 20.3 Å². The highest BCUT2D eigenvalue weighted by Gasteiger charge is 2.01. The van der Waals surface area contributed by atoms with E-state index in [1.807, 2.05) is 26.0 Å². The molecule has 1 aromatic rings. The lowest BCUT2D eigenvalue weighted by atomic mass is 10.1. The van der Waals surface area contributed by atoms with Crippen LogP contribution in [0.1, 0.15) is 19.4 Å². The summed E-state index contributed by atoms with van der Waals surface area (Å²) in [5.41, 5.74) is 3.39. The summed E-state index contributed by atoms with van der Waals surface area (Å²) in [4.78, 5) is 11.4. The van der Waals surface area contributed by atoms with Crippen LogP contribution >= 0.6 is 11.6 Å². The molecular weight excluding hydrogens is 224 g/mol. The van der Waals surface area contributed by atoms with Gasteiger partial charge >= 0.3 is 0 Å². The number of hydrogen-bond acceptors (Lipinski definition) is 2. The first-order chi connectivity index (χ1) is 7.58. The normalized spacial score (nSPS) is 11.0. The third-order valence-corrected chi connectivity index (χ3v) is 2.09. The van der Waals surface area contributed by atoms with Gasteiger partial charge in [-0.1, -0.05) is 37.6 Å². The second-order valence-electron chi connectivity index (χ2n) is 3.86. The molecular formula is C12H15ClN2O. The standard InChI is InChI=1S/C12H15ClN2O/c1-9(2)8-14-15-12(16)7-10-3-5-11(13)6-4-10/h3-6,8-9H,7H2,1-2H3,(H,15,16). The smallest absolute Gasteiger partial charge is 0.244 e. The Labute approximate surface area is 101 Å². The summed E-state index contributed by atoms with van der Waals surface area (Å²) < 4.78 is 0. The molecule has 4 heteroatoms. The van der Waals surface area contributed by atoms with Crippen LogP contribution in [0.3, 0.4) is 0 Å². The van der Waals surface area contributed by atoms with Crippen LogP contribution in [0.4, 0.5) is 0 Å². The van der Waals surface area contributed by atoms with Crippen molar-refractivity contribution in [1.29, 1.82) is 0 Å². The topological polar surface area (TPSA) is 41.5 Å². The van der Waals surface area contributed by atoms with E-state index in [9.17, 15) is 4.79 Å². The van der Waals surface area contributed by atoms with E-state index in [1.54, 1.807) is 18.3 Å². The van der Waals surface area contributed by atoms with Crippen molar-refractivity contribution in [2.24, 2.45) is 11.0 Å². The van der Waals surface area contributed by atoms with Crippen LogP contribution in [0.15, 0.2) is 29.4 Å². The molecule has 0 atom stereocenters. The molecule has 86 valence electrons. The molecule has 0 heterocycles. The van der Waals surface area contributed by atoms with E-state index < -0.39 is 0 Å². The molecule has 0 saturated carbocycles. The van der Waals surface area contributed by atoms with Gasteiger partial charge < -0.3 is 0 Å². The summed E-state index contributed by atoms with van der Waals surface area (Å²) >= 11 is 5.74. The van der Waals surface area contributed by atoms with Gasteiger partial charge in [0.05, 0.1) is 6.42 Å². The number of carbonyl (C=O) groups is 1. The fourth-order valence-electron chi connectivity index (χ4n) is 1.09. The molecule has 0 saturated heterocycles. The van der Waals surface area contributed by atoms with Crippen LogP contribution in [0.5, 0.6) is 0 Å². The Morgan fingerprint density at radius 2 is 2.06 bits per heavy atom. The Bertz CT molecular complexity index is 371. The maximum Gasteiger partial charge on any atom is 0.244 e. The minimum absolute atomic E-state index is 0.126. The molecule has 0 radical (unpaired) electrons. The first-order valence-corrected chi connectivity index (χ1v) is 5.52. The van der Waals surface area contributed by atoms with E-state index in [0.717, 1.165) is 5.56 Å². The third-order valence-electron chi connectivity index (χ3n) is 1.84. The Balaban J connectivity index is 2.43. The molecule has 0 unspecified atom stereocenters. The number of rotatable bonds is 4. The maximum absolute atomic E-state index is 11.4. The van der Waals surface area contributed by atoms with Crippen molar-refractivity contribution < 1.29 is 4.79 Å². The predicted octanol–water partition coefficient (Wildman–Crippen LogP) is 2.64. The maximum atomic E-state index is 11.4. The second-order valence-corrected chi connectivity index (χ2v) is 4.30. The van der Waals surface area contributed by atoms with E-state index in [2.05, 4.69) is 10.5 Å². The number of carbonyl (C=O) groups excluding carboxylic acids is 1. The summed E-state index contributed by atoms with van der Waals surface area (Å²) in [5, 5.41) is 4.50. The lowest BCUT2D eigenvalue weighted by Crippen LogP contribution is -2.20. The molecule has 0 aliphatic heterocycles. The fourth-order valence-corrected chi connectivity index (χ4v) is 1.21. The van der Waals surface area contributed by atoms with Gasteiger partial charge in [-0.3, -0.25) is 4.79 Å². The monoisotopic (exact) mass is 238 g/mol. The average molecular weight is 239 g/mol. The summed E-state index contributed by atoms with van der Waals surface area (Å²) in [6.07, 6.45) is 2.01. The third kappa shape index (κ3) is 4.94. The fraction of sp³-hybridized carbons (Fsp3) is 0.333. The lowest BCUT2D eigenvalue weighted by Gasteiger charge is -2.01. The SMILES string of the molecule is CC(C)C=NNC(=O)Cc1ccc(Cl)cc1. The predicted molar refractivity (Wildman–Crippen MR) is 66.6 cm³/mol. The number of benzene rings is 1. The van der Waals surface area contributed by atoms with Crippen LogP contribution in [0.25, 0.3) is 0 Å². The molecule has 0 aliphatic carbocycles. The van der Waals surface area contributed by atoms with Crippen molar-refractivity contribution in [2.75, 3.05) is 0 Å². The largest absolute Gasteiger partial charge is 0.273 e. The number of nitrogens with one attached hydrogen (secondary N) is 1. The van der Waals surface area contributed by atoms with Crippen LogP contribution in [-0.2, 0) is 11.2 Å². The Hall–Kier alpha value is -1.35. The van der Waals surface area contributed by atoms with Crippen LogP contribution in [0, 0.1) is 5.92 Å². The van der Waals surface area contributed by atoms with E-state index in [1.165, 1.54) is 0 Å². The number of hydrogen-bond donors (Lipinski definition) is 1. The van der Waals surface area contributed by atoms with Gasteiger partial charge in [-0.05, 0) is 23.6 Å². The van der Waals surface area contributed by atoms with Gasteiger partial charge in [0.25, 0.3) is 0 Å².